The van der Waals surface area contributed by atoms with E-state index >= 15 is 0 Å². The molecule has 0 aromatic heterocycles. The number of aromatic hydroxyl groups is 2. The van der Waals surface area contributed by atoms with Gasteiger partial charge in [-0.25, -0.2) is 0 Å². The number of nitrogens with zero attached hydrogens (tertiary/aromatic N) is 1. The molecule has 2 aliphatic carbocycles. The lowest BCUT2D eigenvalue weighted by atomic mass is 9.72. The van der Waals surface area contributed by atoms with Crippen molar-refractivity contribution < 1.29 is 44.6 Å². The maximum atomic E-state index is 14.1. The van der Waals surface area contributed by atoms with Crippen LogP contribution in [0.4, 0.5) is 0 Å². The highest BCUT2D eigenvalue weighted by atomic mass is 16.7. The van der Waals surface area contributed by atoms with E-state index in [0.29, 0.717) is 24.1 Å². The van der Waals surface area contributed by atoms with E-state index in [9.17, 15) is 35.1 Å². The summed E-state index contributed by atoms with van der Waals surface area (Å²) in [6.45, 7) is 5.69. The first-order valence-corrected chi connectivity index (χ1v) is 13.4. The molecule has 2 aliphatic heterocycles. The van der Waals surface area contributed by atoms with Crippen molar-refractivity contribution in [2.75, 3.05) is 20.6 Å². The number of ether oxygens (including phenoxy) is 2. The Hall–Kier alpha value is -3.06. The summed E-state index contributed by atoms with van der Waals surface area (Å²) in [6, 6.07) is 1.52. The van der Waals surface area contributed by atoms with Gasteiger partial charge in [0.2, 0.25) is 12.1 Å². The molecule has 11 heteroatoms. The zero-order valence-corrected chi connectivity index (χ0v) is 23.0. The van der Waals surface area contributed by atoms with Crippen LogP contribution >= 0.6 is 0 Å². The third kappa shape index (κ3) is 3.52. The molecule has 40 heavy (non-hydrogen) atoms. The lowest BCUT2D eigenvalue weighted by Gasteiger charge is -2.53. The Kier molecular flexibility index (Phi) is 5.91. The second-order valence-corrected chi connectivity index (χ2v) is 12.0. The number of hydrogen-bond acceptors (Lipinski definition) is 11. The van der Waals surface area contributed by atoms with Crippen LogP contribution in [-0.2, 0) is 16.8 Å². The molecule has 1 saturated heterocycles. The number of rotatable bonds is 3. The second kappa shape index (κ2) is 8.72. The van der Waals surface area contributed by atoms with Crippen molar-refractivity contribution in [1.29, 1.82) is 0 Å². The first-order valence-electron chi connectivity index (χ1n) is 13.4. The molecule has 0 spiro atoms. The zero-order chi connectivity index (χ0) is 29.0. The number of benzene rings is 2. The van der Waals surface area contributed by atoms with E-state index in [1.807, 2.05) is 6.92 Å². The van der Waals surface area contributed by atoms with E-state index in [1.165, 1.54) is 12.1 Å². The van der Waals surface area contributed by atoms with Gasteiger partial charge in [-0.2, -0.15) is 0 Å². The largest absolute Gasteiger partial charge is 0.507 e. The first kappa shape index (κ1) is 27.1. The number of ketones is 2. The van der Waals surface area contributed by atoms with Crippen molar-refractivity contribution >= 4 is 11.6 Å². The van der Waals surface area contributed by atoms with Crippen LogP contribution in [0.5, 0.6) is 17.2 Å². The number of carbonyl (C=O) groups excluding carboxylic acids is 2. The fourth-order valence-corrected chi connectivity index (χ4v) is 7.05. The topological polar surface area (TPSA) is 169 Å². The molecule has 0 amide bonds. The summed E-state index contributed by atoms with van der Waals surface area (Å²) in [7, 11) is 3.38. The number of hydrogen-bond donors (Lipinski definition) is 6. The molecule has 11 nitrogen and oxygen atoms in total. The van der Waals surface area contributed by atoms with Crippen LogP contribution in [0.25, 0.3) is 0 Å². The van der Waals surface area contributed by atoms with E-state index in [2.05, 4.69) is 5.32 Å². The van der Waals surface area contributed by atoms with Gasteiger partial charge in [-0.1, -0.05) is 6.92 Å². The number of phenols is 2. The van der Waals surface area contributed by atoms with Crippen molar-refractivity contribution in [2.45, 2.75) is 75.4 Å². The Bertz CT molecular complexity index is 1470. The number of nitrogens with one attached hydrogen (secondary N) is 1. The maximum Gasteiger partial charge on any atom is 0.228 e. The van der Waals surface area contributed by atoms with Gasteiger partial charge in [-0.05, 0) is 58.6 Å². The summed E-state index contributed by atoms with van der Waals surface area (Å²) >= 11 is 0. The Morgan fingerprint density at radius 2 is 1.77 bits per heavy atom. The fraction of sp³-hybridized carbons (Fsp3) is 0.517. The summed E-state index contributed by atoms with van der Waals surface area (Å²) in [5, 5.41) is 59.0. The van der Waals surface area contributed by atoms with Gasteiger partial charge in [0, 0.05) is 29.2 Å². The molecule has 2 heterocycles. The maximum absolute atomic E-state index is 14.1. The third-order valence-corrected chi connectivity index (χ3v) is 8.87. The van der Waals surface area contributed by atoms with Gasteiger partial charge in [0.1, 0.15) is 35.1 Å². The highest BCUT2D eigenvalue weighted by Crippen LogP contribution is 2.54. The van der Waals surface area contributed by atoms with Crippen molar-refractivity contribution in [2.24, 2.45) is 0 Å². The molecule has 0 saturated carbocycles. The molecule has 214 valence electrons. The van der Waals surface area contributed by atoms with Crippen LogP contribution < -0.4 is 10.1 Å². The lowest BCUT2D eigenvalue weighted by molar-refractivity contribution is -0.311. The first-order chi connectivity index (χ1) is 18.7. The highest BCUT2D eigenvalue weighted by Gasteiger charge is 2.59. The minimum Gasteiger partial charge on any atom is -0.507 e. The normalized spacial score (nSPS) is 34.1. The van der Waals surface area contributed by atoms with Crippen LogP contribution in [-0.4, -0.2) is 92.8 Å². The van der Waals surface area contributed by atoms with E-state index in [-0.39, 0.29) is 45.7 Å². The summed E-state index contributed by atoms with van der Waals surface area (Å²) in [5.41, 5.74) is -2.31. The summed E-state index contributed by atoms with van der Waals surface area (Å²) in [6.07, 6.45) is -3.38. The smallest absolute Gasteiger partial charge is 0.228 e. The molecular weight excluding hydrogens is 520 g/mol. The predicted molar refractivity (Wildman–Crippen MR) is 141 cm³/mol. The van der Waals surface area contributed by atoms with E-state index < -0.39 is 59.1 Å². The van der Waals surface area contributed by atoms with Crippen LogP contribution in [0.2, 0.25) is 0 Å². The number of phenolic OH excluding ortho intramolecular Hbond substituents is 2. The van der Waals surface area contributed by atoms with Gasteiger partial charge in [0.05, 0.1) is 28.3 Å². The SMILES string of the molecule is CCNC1CC(C)(O)Cc2cc3c(c(O)c21)C(=O)c1c(O)cc2c(c1C3=O)OC1OC2(C)C(O)C(N(C)C)C1O. The summed E-state index contributed by atoms with van der Waals surface area (Å²) in [4.78, 5) is 29.7. The van der Waals surface area contributed by atoms with Gasteiger partial charge >= 0.3 is 0 Å². The molecular formula is C29H34N2O9. The molecule has 6 rings (SSSR count). The van der Waals surface area contributed by atoms with E-state index in [0.717, 1.165) is 0 Å². The lowest BCUT2D eigenvalue weighted by Crippen LogP contribution is -2.68. The number of aliphatic hydroxyl groups is 3. The Labute approximate surface area is 231 Å². The molecule has 1 fully saturated rings. The van der Waals surface area contributed by atoms with Gasteiger partial charge in [-0.3, -0.25) is 9.59 Å². The zero-order valence-electron chi connectivity index (χ0n) is 23.0. The van der Waals surface area contributed by atoms with Gasteiger partial charge in [0.15, 0.2) is 5.78 Å². The Balaban J connectivity index is 1.57. The molecule has 6 N–H and O–H groups in total. The van der Waals surface area contributed by atoms with Crippen LogP contribution in [0.15, 0.2) is 12.1 Å². The summed E-state index contributed by atoms with van der Waals surface area (Å²) in [5.74, 6) is -2.37. The van der Waals surface area contributed by atoms with E-state index in [1.54, 1.807) is 32.8 Å². The van der Waals surface area contributed by atoms with Crippen molar-refractivity contribution in [3.8, 4) is 17.2 Å². The highest BCUT2D eigenvalue weighted by molar-refractivity contribution is 6.31. The number of aliphatic hydroxyl groups excluding tert-OH is 2. The van der Waals surface area contributed by atoms with Crippen molar-refractivity contribution in [3.05, 3.63) is 51.1 Å². The van der Waals surface area contributed by atoms with Gasteiger partial charge in [0.25, 0.3) is 0 Å². The van der Waals surface area contributed by atoms with Gasteiger partial charge < -0.3 is 45.2 Å². The molecule has 7 atom stereocenters. The minimum absolute atomic E-state index is 0.0689. The van der Waals surface area contributed by atoms with Gasteiger partial charge in [-0.15, -0.1) is 0 Å². The number of carbonyl (C=O) groups is 2. The molecule has 2 bridgehead atoms. The standard InChI is InChI=1S/C29H34N2O9/c1-6-30-14-10-28(2,38)9-11-7-12-17(22(34)16(11)14)23(35)18-15(32)8-13-25(19(18)21(12)33)39-27-24(36)20(31(4)5)26(37)29(13,3)40-27/h7-8,14,20,24,26-27,30,32,34,36-38H,6,9-10H2,1-5H3. The third-order valence-electron chi connectivity index (χ3n) is 8.87. The predicted octanol–water partition coefficient (Wildman–Crippen LogP) is 0.837. The molecule has 2 aromatic rings. The van der Waals surface area contributed by atoms with Crippen LogP contribution in [0.3, 0.4) is 0 Å². The van der Waals surface area contributed by atoms with Crippen molar-refractivity contribution in [1.82, 2.24) is 10.2 Å². The molecule has 2 aromatic carbocycles. The minimum atomic E-state index is -1.49. The van der Waals surface area contributed by atoms with E-state index in [4.69, 9.17) is 9.47 Å². The monoisotopic (exact) mass is 554 g/mol. The molecule has 7 unspecified atom stereocenters. The average molecular weight is 555 g/mol. The second-order valence-electron chi connectivity index (χ2n) is 12.0. The fourth-order valence-electron chi connectivity index (χ4n) is 7.05. The number of likely N-dealkylation sites (N-methyl/N-ethyl adjacent to an activating group) is 1. The average Bonchev–Trinajstić information content (AvgIpc) is 2.85. The summed E-state index contributed by atoms with van der Waals surface area (Å²) < 4.78 is 12.0. The quantitative estimate of drug-likeness (QED) is 0.271. The molecule has 0 radical (unpaired) electrons. The Morgan fingerprint density at radius 3 is 2.42 bits per heavy atom. The van der Waals surface area contributed by atoms with Crippen LogP contribution in [0.1, 0.15) is 81.8 Å². The van der Waals surface area contributed by atoms with Crippen LogP contribution in [0, 0.1) is 0 Å². The molecule has 4 aliphatic rings. The van der Waals surface area contributed by atoms with Crippen molar-refractivity contribution in [3.63, 3.8) is 0 Å². The Morgan fingerprint density at radius 1 is 1.07 bits per heavy atom. The number of fused-ring (bicyclic) bond motifs is 8.